The SMILES string of the molecule is CN(C)C(=O)CN(C)C(=O)[C@@H](N)Cc1ccc(O)c(O)c1. The number of carbonyl (C=O) groups is 2. The van der Waals surface area contributed by atoms with Crippen molar-refractivity contribution < 1.29 is 19.8 Å². The molecule has 1 atom stereocenters. The van der Waals surface area contributed by atoms with Crippen molar-refractivity contribution in [3.63, 3.8) is 0 Å². The molecule has 0 aliphatic heterocycles. The van der Waals surface area contributed by atoms with Crippen LogP contribution >= 0.6 is 0 Å². The van der Waals surface area contributed by atoms with Gasteiger partial charge in [-0.25, -0.2) is 0 Å². The Morgan fingerprint density at radius 1 is 1.19 bits per heavy atom. The summed E-state index contributed by atoms with van der Waals surface area (Å²) in [6, 6.07) is 3.44. The highest BCUT2D eigenvalue weighted by Crippen LogP contribution is 2.25. The van der Waals surface area contributed by atoms with E-state index in [1.54, 1.807) is 20.2 Å². The van der Waals surface area contributed by atoms with Gasteiger partial charge >= 0.3 is 0 Å². The van der Waals surface area contributed by atoms with Gasteiger partial charge in [0.15, 0.2) is 11.5 Å². The van der Waals surface area contributed by atoms with Crippen LogP contribution in [0.4, 0.5) is 0 Å². The maximum atomic E-state index is 12.1. The first kappa shape index (κ1) is 16.8. The van der Waals surface area contributed by atoms with Crippen LogP contribution in [-0.2, 0) is 16.0 Å². The Bertz CT molecular complexity index is 531. The monoisotopic (exact) mass is 295 g/mol. The third-order valence-corrected chi connectivity index (χ3v) is 3.06. The van der Waals surface area contributed by atoms with Crippen molar-refractivity contribution >= 4 is 11.8 Å². The molecule has 0 saturated heterocycles. The second kappa shape index (κ2) is 6.94. The molecule has 0 bridgehead atoms. The summed E-state index contributed by atoms with van der Waals surface area (Å²) in [4.78, 5) is 26.3. The van der Waals surface area contributed by atoms with Gasteiger partial charge in [0.2, 0.25) is 11.8 Å². The van der Waals surface area contributed by atoms with E-state index in [0.29, 0.717) is 5.56 Å². The van der Waals surface area contributed by atoms with Gasteiger partial charge in [-0.3, -0.25) is 9.59 Å². The molecule has 0 saturated carbocycles. The van der Waals surface area contributed by atoms with Gasteiger partial charge in [-0.1, -0.05) is 6.07 Å². The van der Waals surface area contributed by atoms with Crippen LogP contribution in [0.25, 0.3) is 0 Å². The molecule has 0 unspecified atom stereocenters. The molecule has 0 heterocycles. The molecule has 0 spiro atoms. The predicted molar refractivity (Wildman–Crippen MR) is 77.8 cm³/mol. The molecule has 4 N–H and O–H groups in total. The van der Waals surface area contributed by atoms with E-state index in [0.717, 1.165) is 0 Å². The van der Waals surface area contributed by atoms with Crippen LogP contribution in [0, 0.1) is 0 Å². The Morgan fingerprint density at radius 2 is 1.81 bits per heavy atom. The molecule has 0 fully saturated rings. The average Bonchev–Trinajstić information content (AvgIpc) is 2.41. The number of nitrogens with zero attached hydrogens (tertiary/aromatic N) is 2. The minimum Gasteiger partial charge on any atom is -0.504 e. The first-order valence-corrected chi connectivity index (χ1v) is 6.44. The van der Waals surface area contributed by atoms with Crippen LogP contribution in [0.5, 0.6) is 11.5 Å². The Labute approximate surface area is 123 Å². The number of nitrogens with two attached hydrogens (primary N) is 1. The van der Waals surface area contributed by atoms with Crippen molar-refractivity contribution in [3.05, 3.63) is 23.8 Å². The number of hydrogen-bond acceptors (Lipinski definition) is 5. The third-order valence-electron chi connectivity index (χ3n) is 3.06. The number of hydrogen-bond donors (Lipinski definition) is 3. The Hall–Kier alpha value is -2.28. The fourth-order valence-electron chi connectivity index (χ4n) is 1.74. The van der Waals surface area contributed by atoms with Crippen molar-refractivity contribution in [1.82, 2.24) is 9.80 Å². The maximum Gasteiger partial charge on any atom is 0.241 e. The summed E-state index contributed by atoms with van der Waals surface area (Å²) in [5, 5.41) is 18.6. The summed E-state index contributed by atoms with van der Waals surface area (Å²) in [5.41, 5.74) is 6.45. The van der Waals surface area contributed by atoms with Crippen LogP contribution < -0.4 is 5.73 Å². The number of likely N-dealkylation sites (N-methyl/N-ethyl adjacent to an activating group) is 2. The molecular weight excluding hydrogens is 274 g/mol. The minimum absolute atomic E-state index is 0.0413. The molecule has 7 heteroatoms. The first-order valence-electron chi connectivity index (χ1n) is 6.44. The predicted octanol–water partition coefficient (Wildman–Crippen LogP) is -0.486. The van der Waals surface area contributed by atoms with Crippen LogP contribution in [-0.4, -0.2) is 65.6 Å². The summed E-state index contributed by atoms with van der Waals surface area (Å²) < 4.78 is 0. The molecule has 0 radical (unpaired) electrons. The third kappa shape index (κ3) is 4.64. The minimum atomic E-state index is -0.825. The second-order valence-electron chi connectivity index (χ2n) is 5.12. The molecule has 1 aromatic rings. The van der Waals surface area contributed by atoms with E-state index in [-0.39, 0.29) is 36.3 Å². The first-order chi connectivity index (χ1) is 9.72. The number of rotatable bonds is 5. The number of phenolic OH excluding ortho intramolecular Hbond substituents is 2. The highest BCUT2D eigenvalue weighted by Gasteiger charge is 2.21. The highest BCUT2D eigenvalue weighted by atomic mass is 16.3. The quantitative estimate of drug-likeness (QED) is 0.636. The topological polar surface area (TPSA) is 107 Å². The van der Waals surface area contributed by atoms with Crippen LogP contribution in [0.1, 0.15) is 5.56 Å². The molecule has 2 amide bonds. The highest BCUT2D eigenvalue weighted by molar-refractivity contribution is 5.87. The van der Waals surface area contributed by atoms with Crippen LogP contribution in [0.15, 0.2) is 18.2 Å². The van der Waals surface area contributed by atoms with E-state index in [2.05, 4.69) is 0 Å². The van der Waals surface area contributed by atoms with Gasteiger partial charge < -0.3 is 25.7 Å². The van der Waals surface area contributed by atoms with Crippen LogP contribution in [0.2, 0.25) is 0 Å². The van der Waals surface area contributed by atoms with Crippen molar-refractivity contribution in [2.75, 3.05) is 27.7 Å². The molecular formula is C14H21N3O4. The van der Waals surface area contributed by atoms with Crippen molar-refractivity contribution in [2.24, 2.45) is 5.73 Å². The molecule has 7 nitrogen and oxygen atoms in total. The van der Waals surface area contributed by atoms with Gasteiger partial charge in [0.05, 0.1) is 12.6 Å². The summed E-state index contributed by atoms with van der Waals surface area (Å²) in [6.45, 7) is -0.0413. The Morgan fingerprint density at radius 3 is 2.33 bits per heavy atom. The zero-order chi connectivity index (χ0) is 16.2. The number of benzene rings is 1. The molecule has 1 aromatic carbocycles. The van der Waals surface area contributed by atoms with Gasteiger partial charge in [0, 0.05) is 21.1 Å². The second-order valence-corrected chi connectivity index (χ2v) is 5.12. The van der Waals surface area contributed by atoms with E-state index in [1.807, 2.05) is 0 Å². The van der Waals surface area contributed by atoms with Crippen molar-refractivity contribution in [3.8, 4) is 11.5 Å². The van der Waals surface area contributed by atoms with E-state index < -0.39 is 6.04 Å². The molecule has 21 heavy (non-hydrogen) atoms. The number of aromatic hydroxyl groups is 2. The fourth-order valence-corrected chi connectivity index (χ4v) is 1.74. The van der Waals surface area contributed by atoms with Crippen molar-refractivity contribution in [2.45, 2.75) is 12.5 Å². The summed E-state index contributed by atoms with van der Waals surface area (Å²) in [5.74, 6) is -1.05. The number of carbonyl (C=O) groups excluding carboxylic acids is 2. The molecule has 116 valence electrons. The summed E-state index contributed by atoms with van der Waals surface area (Å²) in [6.07, 6.45) is 0.202. The van der Waals surface area contributed by atoms with Crippen molar-refractivity contribution in [1.29, 1.82) is 0 Å². The van der Waals surface area contributed by atoms with Gasteiger partial charge in [-0.05, 0) is 24.1 Å². The van der Waals surface area contributed by atoms with Gasteiger partial charge in [0.25, 0.3) is 0 Å². The van der Waals surface area contributed by atoms with Gasteiger partial charge in [0.1, 0.15) is 0 Å². The fraction of sp³-hybridized carbons (Fsp3) is 0.429. The lowest BCUT2D eigenvalue weighted by Crippen LogP contribution is -2.46. The van der Waals surface area contributed by atoms with E-state index in [1.165, 1.54) is 29.0 Å². The lowest BCUT2D eigenvalue weighted by molar-refractivity contribution is -0.138. The molecule has 0 aromatic heterocycles. The summed E-state index contributed by atoms with van der Waals surface area (Å²) >= 11 is 0. The zero-order valence-electron chi connectivity index (χ0n) is 12.4. The lowest BCUT2D eigenvalue weighted by atomic mass is 10.0. The molecule has 1 rings (SSSR count). The Balaban J connectivity index is 2.65. The number of phenols is 2. The van der Waals surface area contributed by atoms with E-state index >= 15 is 0 Å². The van der Waals surface area contributed by atoms with Gasteiger partial charge in [-0.2, -0.15) is 0 Å². The zero-order valence-corrected chi connectivity index (χ0v) is 12.4. The Kier molecular flexibility index (Phi) is 5.54. The van der Waals surface area contributed by atoms with Crippen LogP contribution in [0.3, 0.4) is 0 Å². The molecule has 0 aliphatic carbocycles. The molecule has 0 aliphatic rings. The van der Waals surface area contributed by atoms with Gasteiger partial charge in [-0.15, -0.1) is 0 Å². The number of amides is 2. The lowest BCUT2D eigenvalue weighted by Gasteiger charge is -2.22. The normalized spacial score (nSPS) is 11.8. The maximum absolute atomic E-state index is 12.1. The summed E-state index contributed by atoms with van der Waals surface area (Å²) in [7, 11) is 4.73. The average molecular weight is 295 g/mol. The smallest absolute Gasteiger partial charge is 0.241 e. The standard InChI is InChI=1S/C14H21N3O4/c1-16(2)13(20)8-17(3)14(21)10(15)6-9-4-5-11(18)12(19)7-9/h4-5,7,10,18-19H,6,8,15H2,1-3H3/t10-/m0/s1. The van der Waals surface area contributed by atoms with E-state index in [9.17, 15) is 19.8 Å². The largest absolute Gasteiger partial charge is 0.504 e. The van der Waals surface area contributed by atoms with E-state index in [4.69, 9.17) is 5.73 Å².